The number of fused-ring (bicyclic) bond motifs is 1. The van der Waals surface area contributed by atoms with Crippen LogP contribution in [0.3, 0.4) is 0 Å². The van der Waals surface area contributed by atoms with Gasteiger partial charge in [0.05, 0.1) is 0 Å². The first-order valence-electron chi connectivity index (χ1n) is 13.6. The molecule has 1 unspecified atom stereocenters. The quantitative estimate of drug-likeness (QED) is 0.465. The van der Waals surface area contributed by atoms with Gasteiger partial charge in [0.1, 0.15) is 11.9 Å². The van der Waals surface area contributed by atoms with Crippen LogP contribution in [0.4, 0.5) is 0 Å². The molecule has 2 aliphatic rings. The Balaban J connectivity index is 1.08. The van der Waals surface area contributed by atoms with Crippen molar-refractivity contribution in [3.05, 3.63) is 65.9 Å². The number of rotatable bonds is 9. The fourth-order valence-electron chi connectivity index (χ4n) is 5.77. The molecule has 1 amide bonds. The smallest absolute Gasteiger partial charge is 0.251 e. The lowest BCUT2D eigenvalue weighted by Gasteiger charge is -2.32. The van der Waals surface area contributed by atoms with Crippen LogP contribution in [0, 0.1) is 0 Å². The van der Waals surface area contributed by atoms with Crippen molar-refractivity contribution in [1.82, 2.24) is 19.7 Å². The van der Waals surface area contributed by atoms with E-state index in [1.807, 2.05) is 24.3 Å². The van der Waals surface area contributed by atoms with E-state index in [1.54, 1.807) is 0 Å². The zero-order valence-corrected chi connectivity index (χ0v) is 21.8. The number of benzene rings is 2. The fraction of sp³-hybridized carbons (Fsp3) is 0.500. The summed E-state index contributed by atoms with van der Waals surface area (Å²) in [5.74, 6) is 0.782. The van der Waals surface area contributed by atoms with E-state index in [2.05, 4.69) is 64.1 Å². The van der Waals surface area contributed by atoms with Gasteiger partial charge in [-0.2, -0.15) is 0 Å². The van der Waals surface area contributed by atoms with Gasteiger partial charge in [0.15, 0.2) is 0 Å². The van der Waals surface area contributed by atoms with Crippen molar-refractivity contribution >= 4 is 16.8 Å². The highest BCUT2D eigenvalue weighted by Crippen LogP contribution is 2.23. The lowest BCUT2D eigenvalue weighted by atomic mass is 10.1. The van der Waals surface area contributed by atoms with Gasteiger partial charge in [-0.15, -0.1) is 0 Å². The molecule has 1 aromatic heterocycles. The second kappa shape index (κ2) is 11.5. The Labute approximate surface area is 215 Å². The number of likely N-dealkylation sites (tertiary alicyclic amines) is 2. The Morgan fingerprint density at radius 3 is 2.69 bits per heavy atom. The summed E-state index contributed by atoms with van der Waals surface area (Å²) in [6.07, 6.45) is 7.87. The third-order valence-corrected chi connectivity index (χ3v) is 7.95. The topological polar surface area (TPSA) is 49.7 Å². The van der Waals surface area contributed by atoms with E-state index in [9.17, 15) is 4.79 Å². The third-order valence-electron chi connectivity index (χ3n) is 7.95. The van der Waals surface area contributed by atoms with Crippen LogP contribution in [0.1, 0.15) is 54.9 Å². The first-order valence-corrected chi connectivity index (χ1v) is 13.6. The van der Waals surface area contributed by atoms with Gasteiger partial charge in [0.2, 0.25) is 0 Å². The van der Waals surface area contributed by atoms with E-state index in [0.717, 1.165) is 57.7 Å². The van der Waals surface area contributed by atoms with Crippen LogP contribution < -0.4 is 10.1 Å². The Morgan fingerprint density at radius 1 is 1.06 bits per heavy atom. The van der Waals surface area contributed by atoms with Gasteiger partial charge >= 0.3 is 0 Å². The minimum Gasteiger partial charge on any atom is -0.490 e. The summed E-state index contributed by atoms with van der Waals surface area (Å²) in [4.78, 5) is 17.6. The van der Waals surface area contributed by atoms with E-state index in [4.69, 9.17) is 4.74 Å². The van der Waals surface area contributed by atoms with Crippen LogP contribution in [0.15, 0.2) is 54.7 Å². The molecular formula is C30H40N4O2. The van der Waals surface area contributed by atoms with Gasteiger partial charge in [-0.1, -0.05) is 12.1 Å². The summed E-state index contributed by atoms with van der Waals surface area (Å²) in [5, 5.41) is 4.41. The van der Waals surface area contributed by atoms with Crippen LogP contribution in [-0.4, -0.2) is 65.6 Å². The molecule has 36 heavy (non-hydrogen) atoms. The van der Waals surface area contributed by atoms with Crippen LogP contribution in [0.25, 0.3) is 10.9 Å². The van der Waals surface area contributed by atoms with Gasteiger partial charge < -0.3 is 19.5 Å². The van der Waals surface area contributed by atoms with Gasteiger partial charge in [-0.05, 0) is 100.0 Å². The molecule has 6 nitrogen and oxygen atoms in total. The average molecular weight is 489 g/mol. The molecule has 0 spiro atoms. The molecule has 0 saturated carbocycles. The molecule has 2 fully saturated rings. The summed E-state index contributed by atoms with van der Waals surface area (Å²) in [5.41, 5.74) is 3.36. The molecule has 2 aromatic carbocycles. The first-order chi connectivity index (χ1) is 17.6. The number of hydrogen-bond acceptors (Lipinski definition) is 4. The number of nitrogens with one attached hydrogen (secondary N) is 1. The summed E-state index contributed by atoms with van der Waals surface area (Å²) >= 11 is 0. The van der Waals surface area contributed by atoms with E-state index < -0.39 is 0 Å². The van der Waals surface area contributed by atoms with Crippen molar-refractivity contribution in [1.29, 1.82) is 0 Å². The molecule has 0 radical (unpaired) electrons. The van der Waals surface area contributed by atoms with Crippen molar-refractivity contribution < 1.29 is 9.53 Å². The maximum Gasteiger partial charge on any atom is 0.251 e. The molecule has 0 bridgehead atoms. The normalized spacial score (nSPS) is 19.7. The predicted molar refractivity (Wildman–Crippen MR) is 146 cm³/mol. The molecule has 192 valence electrons. The molecule has 3 aromatic rings. The summed E-state index contributed by atoms with van der Waals surface area (Å²) < 4.78 is 8.59. The Kier molecular flexibility index (Phi) is 7.93. The lowest BCUT2D eigenvalue weighted by Crippen LogP contribution is -2.37. The number of carbonyl (C=O) groups excluding carboxylic acids is 1. The average Bonchev–Trinajstić information content (AvgIpc) is 3.50. The monoisotopic (exact) mass is 488 g/mol. The summed E-state index contributed by atoms with van der Waals surface area (Å²) in [6.45, 7) is 8.09. The molecule has 6 heteroatoms. The number of piperidine rings is 1. The van der Waals surface area contributed by atoms with Crippen molar-refractivity contribution in [2.45, 2.75) is 64.3 Å². The lowest BCUT2D eigenvalue weighted by molar-refractivity contribution is 0.0934. The SMILES string of the molecule is CCn1ccc2cc(CN3CCC(Oc4cccc(C(=O)NCCC5CCCN5C)c4)CC3)ccc21. The van der Waals surface area contributed by atoms with Gasteiger partial charge in [0.25, 0.3) is 5.91 Å². The first kappa shape index (κ1) is 24.8. The number of aryl methyl sites for hydroxylation is 1. The van der Waals surface area contributed by atoms with E-state index >= 15 is 0 Å². The highest BCUT2D eigenvalue weighted by atomic mass is 16.5. The number of ether oxygens (including phenoxy) is 1. The number of carbonyl (C=O) groups is 1. The second-order valence-corrected chi connectivity index (χ2v) is 10.4. The van der Waals surface area contributed by atoms with Crippen molar-refractivity contribution in [3.8, 4) is 5.75 Å². The molecule has 2 aliphatic heterocycles. The fourth-order valence-corrected chi connectivity index (χ4v) is 5.77. The van der Waals surface area contributed by atoms with E-state index in [-0.39, 0.29) is 12.0 Å². The van der Waals surface area contributed by atoms with Gasteiger partial charge in [-0.3, -0.25) is 9.69 Å². The van der Waals surface area contributed by atoms with Crippen LogP contribution in [0.5, 0.6) is 5.75 Å². The van der Waals surface area contributed by atoms with Gasteiger partial charge in [0, 0.05) is 56.0 Å². The van der Waals surface area contributed by atoms with Crippen molar-refractivity contribution in [2.75, 3.05) is 33.2 Å². The summed E-state index contributed by atoms with van der Waals surface area (Å²) in [7, 11) is 2.18. The minimum absolute atomic E-state index is 0.0119. The number of nitrogens with zero attached hydrogens (tertiary/aromatic N) is 3. The molecule has 1 N–H and O–H groups in total. The van der Waals surface area contributed by atoms with E-state index in [0.29, 0.717) is 11.6 Å². The third kappa shape index (κ3) is 5.93. The van der Waals surface area contributed by atoms with Crippen LogP contribution >= 0.6 is 0 Å². The summed E-state index contributed by atoms with van der Waals surface area (Å²) in [6, 6.07) is 17.3. The van der Waals surface area contributed by atoms with Gasteiger partial charge in [-0.25, -0.2) is 0 Å². The van der Waals surface area contributed by atoms with Crippen molar-refractivity contribution in [3.63, 3.8) is 0 Å². The Hall–Kier alpha value is -2.83. The Morgan fingerprint density at radius 2 is 1.92 bits per heavy atom. The highest BCUT2D eigenvalue weighted by Gasteiger charge is 2.22. The van der Waals surface area contributed by atoms with Crippen LogP contribution in [0.2, 0.25) is 0 Å². The molecule has 0 aliphatic carbocycles. The molecule has 1 atom stereocenters. The maximum absolute atomic E-state index is 12.7. The van der Waals surface area contributed by atoms with Crippen molar-refractivity contribution in [2.24, 2.45) is 0 Å². The number of aromatic nitrogens is 1. The molecule has 3 heterocycles. The standard InChI is InChI=1S/C30H40N4O2/c1-3-34-19-12-24-20-23(9-10-29(24)34)22-33-17-13-27(14-18-33)36-28-8-4-6-25(21-28)30(35)31-15-11-26-7-5-16-32(26)2/h4,6,8-10,12,19-21,26-27H,3,5,7,11,13-18,22H2,1-2H3,(H,31,35). The molecule has 5 rings (SSSR count). The van der Waals surface area contributed by atoms with Crippen LogP contribution in [-0.2, 0) is 13.1 Å². The molecule has 2 saturated heterocycles. The van der Waals surface area contributed by atoms with E-state index in [1.165, 1.54) is 35.9 Å². The second-order valence-electron chi connectivity index (χ2n) is 10.4. The Bertz CT molecular complexity index is 1160. The number of hydrogen-bond donors (Lipinski definition) is 1. The number of amides is 1. The molecular weight excluding hydrogens is 448 g/mol. The maximum atomic E-state index is 12.7. The predicted octanol–water partition coefficient (Wildman–Crippen LogP) is 4.92. The largest absolute Gasteiger partial charge is 0.490 e. The highest BCUT2D eigenvalue weighted by molar-refractivity contribution is 5.94. The zero-order valence-electron chi connectivity index (χ0n) is 21.8. The zero-order chi connectivity index (χ0) is 24.9. The minimum atomic E-state index is -0.0119.